The van der Waals surface area contributed by atoms with Crippen LogP contribution in [-0.4, -0.2) is 38.8 Å². The van der Waals surface area contributed by atoms with Crippen LogP contribution in [0.5, 0.6) is 0 Å². The zero-order chi connectivity index (χ0) is 9.90. The van der Waals surface area contributed by atoms with Gasteiger partial charge in [-0.3, -0.25) is 4.89 Å². The maximum absolute atomic E-state index is 11.0. The van der Waals surface area contributed by atoms with E-state index in [0.29, 0.717) is 13.1 Å². The van der Waals surface area contributed by atoms with Gasteiger partial charge >= 0.3 is 6.09 Å². The highest BCUT2D eigenvalue weighted by Crippen LogP contribution is 2.09. The van der Waals surface area contributed by atoms with Crippen LogP contribution >= 0.6 is 0 Å². The summed E-state index contributed by atoms with van der Waals surface area (Å²) < 4.78 is 24.7. The molecule has 6 nitrogen and oxygen atoms in total. The zero-order valence-corrected chi connectivity index (χ0v) is 8.04. The molecule has 0 aliphatic carbocycles. The molecule has 7 heteroatoms. The predicted molar refractivity (Wildman–Crippen MR) is 43.2 cm³/mol. The molecule has 0 aromatic rings. The first-order valence-corrected chi connectivity index (χ1v) is 5.66. The molecule has 1 amide bonds. The molecular formula is C6H11NO5S. The molecule has 1 rings (SSSR count). The molecule has 76 valence electrons. The molecule has 0 atom stereocenters. The van der Waals surface area contributed by atoms with Crippen molar-refractivity contribution in [1.82, 2.24) is 4.90 Å². The number of carbonyl (C=O) groups is 1. The maximum Gasteiger partial charge on any atom is 0.442 e. The summed E-state index contributed by atoms with van der Waals surface area (Å²) in [4.78, 5) is 16.5. The molecule has 1 fully saturated rings. The van der Waals surface area contributed by atoms with Gasteiger partial charge in [-0.05, 0) is 12.8 Å². The van der Waals surface area contributed by atoms with E-state index in [1.807, 2.05) is 0 Å². The highest BCUT2D eigenvalue weighted by Gasteiger charge is 2.21. The SMILES string of the molecule is CS(=O)(=O)OOC(=O)N1CCCC1. The number of likely N-dealkylation sites (tertiary alicyclic amines) is 1. The van der Waals surface area contributed by atoms with Gasteiger partial charge < -0.3 is 4.90 Å². The summed E-state index contributed by atoms with van der Waals surface area (Å²) in [6, 6.07) is 0. The van der Waals surface area contributed by atoms with E-state index in [1.54, 1.807) is 0 Å². The lowest BCUT2D eigenvalue weighted by atomic mass is 10.4. The Hall–Kier alpha value is -0.820. The van der Waals surface area contributed by atoms with E-state index >= 15 is 0 Å². The molecule has 1 saturated heterocycles. The Morgan fingerprint density at radius 3 is 2.31 bits per heavy atom. The van der Waals surface area contributed by atoms with Crippen molar-refractivity contribution in [3.63, 3.8) is 0 Å². The fraction of sp³-hybridized carbons (Fsp3) is 0.833. The summed E-state index contributed by atoms with van der Waals surface area (Å²) in [6.45, 7) is 1.18. The van der Waals surface area contributed by atoms with Crippen LogP contribution in [0.1, 0.15) is 12.8 Å². The minimum Gasteiger partial charge on any atom is -0.306 e. The summed E-state index contributed by atoms with van der Waals surface area (Å²) in [5.74, 6) is 0. The predicted octanol–water partition coefficient (Wildman–Crippen LogP) is 0.110. The molecule has 0 radical (unpaired) electrons. The highest BCUT2D eigenvalue weighted by molar-refractivity contribution is 7.85. The number of rotatable bonds is 2. The molecule has 0 N–H and O–H groups in total. The molecule has 1 heterocycles. The van der Waals surface area contributed by atoms with Gasteiger partial charge in [0, 0.05) is 13.1 Å². The molecule has 0 spiro atoms. The normalized spacial score (nSPS) is 17.5. The molecule has 1 aliphatic rings. The Bertz CT molecular complexity index is 279. The van der Waals surface area contributed by atoms with E-state index in [-0.39, 0.29) is 0 Å². The Kier molecular flexibility index (Phi) is 3.10. The van der Waals surface area contributed by atoms with Crippen LogP contribution in [0.15, 0.2) is 0 Å². The molecule has 13 heavy (non-hydrogen) atoms. The first kappa shape index (κ1) is 10.3. The molecular weight excluding hydrogens is 198 g/mol. The summed E-state index contributed by atoms with van der Waals surface area (Å²) in [5.41, 5.74) is 0. The van der Waals surface area contributed by atoms with Crippen LogP contribution in [0.4, 0.5) is 4.79 Å². The summed E-state index contributed by atoms with van der Waals surface area (Å²) in [5, 5.41) is 0. The van der Waals surface area contributed by atoms with Gasteiger partial charge in [-0.25, -0.2) is 4.79 Å². The van der Waals surface area contributed by atoms with Gasteiger partial charge in [-0.1, -0.05) is 4.33 Å². The first-order valence-electron chi connectivity index (χ1n) is 3.84. The van der Waals surface area contributed by atoms with E-state index in [4.69, 9.17) is 0 Å². The third-order valence-corrected chi connectivity index (χ3v) is 1.91. The Balaban J connectivity index is 2.33. The van der Waals surface area contributed by atoms with Crippen molar-refractivity contribution in [2.24, 2.45) is 0 Å². The molecule has 0 unspecified atom stereocenters. The quantitative estimate of drug-likeness (QED) is 0.476. The summed E-state index contributed by atoms with van der Waals surface area (Å²) >= 11 is 0. The fourth-order valence-corrected chi connectivity index (χ4v) is 1.23. The number of hydrogen-bond donors (Lipinski definition) is 0. The summed E-state index contributed by atoms with van der Waals surface area (Å²) in [7, 11) is -3.72. The van der Waals surface area contributed by atoms with Crippen LogP contribution < -0.4 is 0 Å². The lowest BCUT2D eigenvalue weighted by Crippen LogP contribution is -2.29. The lowest BCUT2D eigenvalue weighted by molar-refractivity contribution is -0.146. The van der Waals surface area contributed by atoms with Crippen molar-refractivity contribution in [2.45, 2.75) is 12.8 Å². The van der Waals surface area contributed by atoms with Crippen LogP contribution in [-0.2, 0) is 19.3 Å². The Labute approximate surface area is 76.5 Å². The molecule has 0 saturated carbocycles. The monoisotopic (exact) mass is 209 g/mol. The van der Waals surface area contributed by atoms with E-state index < -0.39 is 16.2 Å². The van der Waals surface area contributed by atoms with Crippen LogP contribution in [0.3, 0.4) is 0 Å². The third-order valence-electron chi connectivity index (χ3n) is 1.59. The zero-order valence-electron chi connectivity index (χ0n) is 7.23. The van der Waals surface area contributed by atoms with Gasteiger partial charge in [-0.15, -0.1) is 0 Å². The fourth-order valence-electron chi connectivity index (χ4n) is 1.04. The van der Waals surface area contributed by atoms with E-state index in [0.717, 1.165) is 19.1 Å². The van der Waals surface area contributed by atoms with Gasteiger partial charge in [0.25, 0.3) is 10.1 Å². The minimum atomic E-state index is -3.72. The summed E-state index contributed by atoms with van der Waals surface area (Å²) in [6.07, 6.45) is 1.88. The van der Waals surface area contributed by atoms with Crippen LogP contribution in [0.2, 0.25) is 0 Å². The average Bonchev–Trinajstić information content (AvgIpc) is 2.50. The number of nitrogens with zero attached hydrogens (tertiary/aromatic N) is 1. The second-order valence-electron chi connectivity index (χ2n) is 2.82. The van der Waals surface area contributed by atoms with E-state index in [2.05, 4.69) is 9.22 Å². The second-order valence-corrected chi connectivity index (χ2v) is 4.36. The van der Waals surface area contributed by atoms with Crippen LogP contribution in [0.25, 0.3) is 0 Å². The first-order chi connectivity index (χ1) is 5.99. The van der Waals surface area contributed by atoms with Gasteiger partial charge in [0.05, 0.1) is 6.26 Å². The standard InChI is InChI=1S/C6H11NO5S/c1-13(9,10)12-11-6(8)7-4-2-3-5-7/h2-5H2,1H3. The number of carbonyl (C=O) groups excluding carboxylic acids is 1. The van der Waals surface area contributed by atoms with E-state index in [1.165, 1.54) is 4.90 Å². The largest absolute Gasteiger partial charge is 0.442 e. The van der Waals surface area contributed by atoms with Crippen molar-refractivity contribution in [3.8, 4) is 0 Å². The van der Waals surface area contributed by atoms with E-state index in [9.17, 15) is 13.2 Å². The van der Waals surface area contributed by atoms with Crippen molar-refractivity contribution in [3.05, 3.63) is 0 Å². The molecule has 0 bridgehead atoms. The average molecular weight is 209 g/mol. The highest BCUT2D eigenvalue weighted by atomic mass is 32.2. The lowest BCUT2D eigenvalue weighted by Gasteiger charge is -2.12. The Morgan fingerprint density at radius 1 is 1.31 bits per heavy atom. The van der Waals surface area contributed by atoms with Crippen molar-refractivity contribution < 1.29 is 22.4 Å². The maximum atomic E-state index is 11.0. The second kappa shape index (κ2) is 3.93. The van der Waals surface area contributed by atoms with Crippen LogP contribution in [0, 0.1) is 0 Å². The van der Waals surface area contributed by atoms with Gasteiger partial charge in [-0.2, -0.15) is 8.42 Å². The van der Waals surface area contributed by atoms with Gasteiger partial charge in [0.2, 0.25) is 0 Å². The van der Waals surface area contributed by atoms with Crippen molar-refractivity contribution in [2.75, 3.05) is 19.3 Å². The minimum absolute atomic E-state index is 0.589. The molecule has 0 aromatic carbocycles. The Morgan fingerprint density at radius 2 is 1.85 bits per heavy atom. The van der Waals surface area contributed by atoms with Crippen molar-refractivity contribution >= 4 is 16.2 Å². The molecule has 1 aliphatic heterocycles. The van der Waals surface area contributed by atoms with Gasteiger partial charge in [0.1, 0.15) is 0 Å². The molecule has 0 aromatic heterocycles. The van der Waals surface area contributed by atoms with Gasteiger partial charge in [0.15, 0.2) is 0 Å². The third kappa shape index (κ3) is 3.60. The number of hydrogen-bond acceptors (Lipinski definition) is 5. The topological polar surface area (TPSA) is 72.9 Å². The number of amides is 1. The smallest absolute Gasteiger partial charge is 0.306 e. The van der Waals surface area contributed by atoms with Crippen molar-refractivity contribution in [1.29, 1.82) is 0 Å².